The molecule has 0 aliphatic heterocycles. The van der Waals surface area contributed by atoms with E-state index < -0.39 is 0 Å². The van der Waals surface area contributed by atoms with Crippen LogP contribution in [0.3, 0.4) is 0 Å². The smallest absolute Gasteiger partial charge is 0.254 e. The van der Waals surface area contributed by atoms with Crippen LogP contribution < -0.4 is 5.32 Å². The Bertz CT molecular complexity index is 427. The number of pyridine rings is 1. The molecular weight excluding hydrogens is 268 g/mol. The minimum atomic E-state index is -0.111. The van der Waals surface area contributed by atoms with Crippen LogP contribution in [0.25, 0.3) is 0 Å². The first-order valence-corrected chi connectivity index (χ1v) is 7.65. The molecule has 1 aromatic heterocycles. The lowest BCUT2D eigenvalue weighted by atomic mass is 10.2. The van der Waals surface area contributed by atoms with E-state index in [0.717, 1.165) is 18.6 Å². The summed E-state index contributed by atoms with van der Waals surface area (Å²) >= 11 is 7.96. The third-order valence-corrected chi connectivity index (χ3v) is 4.70. The Morgan fingerprint density at radius 2 is 2.44 bits per heavy atom. The van der Waals surface area contributed by atoms with E-state index >= 15 is 0 Å². The highest BCUT2D eigenvalue weighted by molar-refractivity contribution is 7.99. The Hall–Kier alpha value is -0.740. The van der Waals surface area contributed by atoms with E-state index in [4.69, 9.17) is 11.6 Å². The van der Waals surface area contributed by atoms with Crippen molar-refractivity contribution in [3.05, 3.63) is 29.0 Å². The van der Waals surface area contributed by atoms with Crippen molar-refractivity contribution in [1.82, 2.24) is 10.3 Å². The molecule has 0 bridgehead atoms. The second kappa shape index (κ2) is 6.43. The summed E-state index contributed by atoms with van der Waals surface area (Å²) in [6.45, 7) is 2.17. The van der Waals surface area contributed by atoms with Gasteiger partial charge in [-0.2, -0.15) is 11.8 Å². The number of hydrogen-bond donors (Lipinski definition) is 1. The normalized spacial score (nSPS) is 23.0. The molecule has 18 heavy (non-hydrogen) atoms. The number of carbonyl (C=O) groups is 1. The van der Waals surface area contributed by atoms with Gasteiger partial charge in [-0.25, -0.2) is 0 Å². The maximum atomic E-state index is 12.0. The topological polar surface area (TPSA) is 42.0 Å². The van der Waals surface area contributed by atoms with Crippen LogP contribution >= 0.6 is 23.4 Å². The second-order valence-corrected chi connectivity index (χ2v) is 6.40. The molecule has 0 aromatic carbocycles. The van der Waals surface area contributed by atoms with Crippen molar-refractivity contribution in [2.45, 2.75) is 37.5 Å². The van der Waals surface area contributed by atoms with E-state index in [9.17, 15) is 4.79 Å². The van der Waals surface area contributed by atoms with Gasteiger partial charge in [0.15, 0.2) is 0 Å². The molecule has 1 aliphatic rings. The number of carbonyl (C=O) groups excluding carboxylic acids is 1. The van der Waals surface area contributed by atoms with Gasteiger partial charge in [0.2, 0.25) is 0 Å². The van der Waals surface area contributed by atoms with Gasteiger partial charge in [-0.1, -0.05) is 18.5 Å². The molecule has 2 rings (SSSR count). The largest absolute Gasteiger partial charge is 0.349 e. The van der Waals surface area contributed by atoms with Gasteiger partial charge in [0.25, 0.3) is 5.91 Å². The summed E-state index contributed by atoms with van der Waals surface area (Å²) in [6.07, 6.45) is 6.40. The van der Waals surface area contributed by atoms with Crippen molar-refractivity contribution in [2.75, 3.05) is 5.75 Å². The summed E-state index contributed by atoms with van der Waals surface area (Å²) in [5.41, 5.74) is 0.464. The second-order valence-electron chi connectivity index (χ2n) is 4.42. The third kappa shape index (κ3) is 3.39. The SMILES string of the molecule is CCSC1CCC(NC(=O)c2cnccc2Cl)C1. The molecule has 1 N–H and O–H groups in total. The summed E-state index contributed by atoms with van der Waals surface area (Å²) in [5.74, 6) is 1.03. The van der Waals surface area contributed by atoms with Crippen LogP contribution in [0.15, 0.2) is 18.5 Å². The van der Waals surface area contributed by atoms with Crippen molar-refractivity contribution in [2.24, 2.45) is 0 Å². The number of halogens is 1. The molecule has 1 saturated carbocycles. The lowest BCUT2D eigenvalue weighted by molar-refractivity contribution is 0.0938. The zero-order valence-electron chi connectivity index (χ0n) is 10.4. The fraction of sp³-hybridized carbons (Fsp3) is 0.538. The number of amides is 1. The molecule has 1 heterocycles. The Morgan fingerprint density at radius 1 is 1.61 bits per heavy atom. The van der Waals surface area contributed by atoms with Crippen molar-refractivity contribution in [1.29, 1.82) is 0 Å². The molecule has 1 fully saturated rings. The molecule has 1 amide bonds. The summed E-state index contributed by atoms with van der Waals surface area (Å²) in [6, 6.07) is 1.92. The highest BCUT2D eigenvalue weighted by Crippen LogP contribution is 2.30. The standard InChI is InChI=1S/C13H17ClN2OS/c1-2-18-10-4-3-9(7-10)16-13(17)11-8-15-6-5-12(11)14/h5-6,8-10H,2-4,7H2,1H3,(H,16,17). The summed E-state index contributed by atoms with van der Waals surface area (Å²) in [4.78, 5) is 16.0. The minimum Gasteiger partial charge on any atom is -0.349 e. The average Bonchev–Trinajstić information content (AvgIpc) is 2.77. The third-order valence-electron chi connectivity index (χ3n) is 3.13. The number of nitrogens with one attached hydrogen (secondary N) is 1. The van der Waals surface area contributed by atoms with Crippen molar-refractivity contribution in [3.8, 4) is 0 Å². The molecule has 0 spiro atoms. The number of aromatic nitrogens is 1. The maximum Gasteiger partial charge on any atom is 0.254 e. The van der Waals surface area contributed by atoms with Gasteiger partial charge in [-0.3, -0.25) is 9.78 Å². The Labute approximate surface area is 117 Å². The quantitative estimate of drug-likeness (QED) is 0.924. The van der Waals surface area contributed by atoms with Crippen molar-refractivity contribution >= 4 is 29.3 Å². The summed E-state index contributed by atoms with van der Waals surface area (Å²) in [5, 5.41) is 4.19. The lowest BCUT2D eigenvalue weighted by Crippen LogP contribution is -2.33. The van der Waals surface area contributed by atoms with Gasteiger partial charge in [-0.05, 0) is 31.1 Å². The summed E-state index contributed by atoms with van der Waals surface area (Å²) < 4.78 is 0. The van der Waals surface area contributed by atoms with Crippen LogP contribution in [0.5, 0.6) is 0 Å². The minimum absolute atomic E-state index is 0.111. The van der Waals surface area contributed by atoms with Gasteiger partial charge < -0.3 is 5.32 Å². The molecule has 2 unspecified atom stereocenters. The zero-order chi connectivity index (χ0) is 13.0. The number of nitrogens with zero attached hydrogens (tertiary/aromatic N) is 1. The molecule has 3 nitrogen and oxygen atoms in total. The van der Waals surface area contributed by atoms with Crippen molar-refractivity contribution < 1.29 is 4.79 Å². The van der Waals surface area contributed by atoms with Crippen molar-refractivity contribution in [3.63, 3.8) is 0 Å². The van der Waals surface area contributed by atoms with E-state index in [1.54, 1.807) is 12.3 Å². The van der Waals surface area contributed by atoms with E-state index in [-0.39, 0.29) is 11.9 Å². The highest BCUT2D eigenvalue weighted by Gasteiger charge is 2.26. The molecule has 0 radical (unpaired) electrons. The Balaban J connectivity index is 1.91. The molecule has 1 aromatic rings. The van der Waals surface area contributed by atoms with Crippen LogP contribution in [-0.2, 0) is 0 Å². The number of rotatable bonds is 4. The monoisotopic (exact) mass is 284 g/mol. The van der Waals surface area contributed by atoms with E-state index in [0.29, 0.717) is 15.8 Å². The Kier molecular flexibility index (Phi) is 4.89. The van der Waals surface area contributed by atoms with Crippen LogP contribution in [0.4, 0.5) is 0 Å². The number of hydrogen-bond acceptors (Lipinski definition) is 3. The Morgan fingerprint density at radius 3 is 3.17 bits per heavy atom. The molecular formula is C13H17ClN2OS. The molecule has 0 saturated heterocycles. The predicted molar refractivity (Wildman–Crippen MR) is 76.3 cm³/mol. The predicted octanol–water partition coefficient (Wildman–Crippen LogP) is 3.14. The van der Waals surface area contributed by atoms with Crippen LogP contribution in [0.2, 0.25) is 5.02 Å². The fourth-order valence-electron chi connectivity index (χ4n) is 2.27. The van der Waals surface area contributed by atoms with Crippen LogP contribution in [-0.4, -0.2) is 27.9 Å². The zero-order valence-corrected chi connectivity index (χ0v) is 11.9. The maximum absolute atomic E-state index is 12.0. The molecule has 5 heteroatoms. The first kappa shape index (κ1) is 13.7. The van der Waals surface area contributed by atoms with Gasteiger partial charge >= 0.3 is 0 Å². The number of thioether (sulfide) groups is 1. The lowest BCUT2D eigenvalue weighted by Gasteiger charge is -2.13. The average molecular weight is 285 g/mol. The first-order chi connectivity index (χ1) is 8.70. The fourth-order valence-corrected chi connectivity index (χ4v) is 3.60. The molecule has 1 aliphatic carbocycles. The van der Waals surface area contributed by atoms with Gasteiger partial charge in [0.05, 0.1) is 10.6 Å². The van der Waals surface area contributed by atoms with E-state index in [2.05, 4.69) is 17.2 Å². The van der Waals surface area contributed by atoms with Gasteiger partial charge in [-0.15, -0.1) is 0 Å². The molecule has 98 valence electrons. The van der Waals surface area contributed by atoms with Gasteiger partial charge in [0, 0.05) is 23.7 Å². The van der Waals surface area contributed by atoms with Crippen LogP contribution in [0, 0.1) is 0 Å². The van der Waals surface area contributed by atoms with Gasteiger partial charge in [0.1, 0.15) is 0 Å². The molecule has 2 atom stereocenters. The van der Waals surface area contributed by atoms with E-state index in [1.807, 2.05) is 11.8 Å². The summed E-state index contributed by atoms with van der Waals surface area (Å²) in [7, 11) is 0. The first-order valence-electron chi connectivity index (χ1n) is 6.22. The van der Waals surface area contributed by atoms with E-state index in [1.165, 1.54) is 12.6 Å². The van der Waals surface area contributed by atoms with Crippen LogP contribution in [0.1, 0.15) is 36.5 Å². The highest BCUT2D eigenvalue weighted by atomic mass is 35.5.